The van der Waals surface area contributed by atoms with Crippen LogP contribution in [0.5, 0.6) is 0 Å². The molecule has 1 atom stereocenters. The molecule has 2 fully saturated rings. The van der Waals surface area contributed by atoms with E-state index in [9.17, 15) is 9.59 Å². The number of aryl methyl sites for hydroxylation is 2. The predicted molar refractivity (Wildman–Crippen MR) is 102 cm³/mol. The van der Waals surface area contributed by atoms with Crippen LogP contribution < -0.4 is 0 Å². The Labute approximate surface area is 156 Å². The van der Waals surface area contributed by atoms with E-state index in [0.717, 1.165) is 44.5 Å². The van der Waals surface area contributed by atoms with Crippen LogP contribution in [-0.2, 0) is 17.6 Å². The summed E-state index contributed by atoms with van der Waals surface area (Å²) in [7, 11) is 0. The van der Waals surface area contributed by atoms with Crippen molar-refractivity contribution >= 4 is 11.7 Å². The van der Waals surface area contributed by atoms with Gasteiger partial charge in [-0.2, -0.15) is 0 Å². The van der Waals surface area contributed by atoms with Gasteiger partial charge < -0.3 is 4.90 Å². The molecule has 1 aliphatic carbocycles. The second kappa shape index (κ2) is 7.91. The van der Waals surface area contributed by atoms with Gasteiger partial charge in [0, 0.05) is 44.1 Å². The van der Waals surface area contributed by atoms with Crippen LogP contribution in [0, 0.1) is 0 Å². The monoisotopic (exact) mass is 354 g/mol. The molecule has 3 aliphatic rings. The summed E-state index contributed by atoms with van der Waals surface area (Å²) in [5.74, 6) is 0.272. The van der Waals surface area contributed by atoms with E-state index >= 15 is 0 Å². The van der Waals surface area contributed by atoms with Gasteiger partial charge in [0.2, 0.25) is 5.91 Å². The van der Waals surface area contributed by atoms with E-state index in [1.807, 2.05) is 11.0 Å². The molecule has 26 heavy (non-hydrogen) atoms. The van der Waals surface area contributed by atoms with E-state index in [0.29, 0.717) is 18.9 Å². The molecule has 4 heteroatoms. The predicted octanol–water partition coefficient (Wildman–Crippen LogP) is 3.23. The standard InChI is InChI=1S/C22H30N2O2/c25-21(19-9-8-17-5-1-2-6-18(17)15-19)10-11-22(26)24-14-4-13-23-12-3-7-20(23)16-24/h8-9,15,20H,1-7,10-14,16H2/t20-/m0/s1. The molecule has 4 rings (SSSR count). The molecule has 0 N–H and O–H groups in total. The maximum atomic E-state index is 12.7. The smallest absolute Gasteiger partial charge is 0.223 e. The summed E-state index contributed by atoms with van der Waals surface area (Å²) in [5, 5.41) is 0. The summed E-state index contributed by atoms with van der Waals surface area (Å²) in [4.78, 5) is 29.8. The van der Waals surface area contributed by atoms with Crippen molar-refractivity contribution < 1.29 is 9.59 Å². The lowest BCUT2D eigenvalue weighted by atomic mass is 9.89. The van der Waals surface area contributed by atoms with Gasteiger partial charge >= 0.3 is 0 Å². The van der Waals surface area contributed by atoms with E-state index in [-0.39, 0.29) is 11.7 Å². The highest BCUT2D eigenvalue weighted by atomic mass is 16.2. The number of carbonyl (C=O) groups excluding carboxylic acids is 2. The number of ketones is 1. The number of hydrogen-bond acceptors (Lipinski definition) is 3. The van der Waals surface area contributed by atoms with Crippen LogP contribution >= 0.6 is 0 Å². The zero-order valence-electron chi connectivity index (χ0n) is 15.7. The van der Waals surface area contributed by atoms with E-state index in [2.05, 4.69) is 17.0 Å². The average molecular weight is 354 g/mol. The van der Waals surface area contributed by atoms with E-state index in [1.165, 1.54) is 43.4 Å². The van der Waals surface area contributed by atoms with Crippen molar-refractivity contribution in [1.82, 2.24) is 9.80 Å². The topological polar surface area (TPSA) is 40.6 Å². The molecule has 1 amide bonds. The zero-order chi connectivity index (χ0) is 17.9. The van der Waals surface area contributed by atoms with Gasteiger partial charge in [-0.3, -0.25) is 14.5 Å². The van der Waals surface area contributed by atoms with Gasteiger partial charge in [0.1, 0.15) is 0 Å². The van der Waals surface area contributed by atoms with Crippen LogP contribution in [0.1, 0.15) is 66.4 Å². The Morgan fingerprint density at radius 1 is 0.923 bits per heavy atom. The van der Waals surface area contributed by atoms with Gasteiger partial charge in [-0.25, -0.2) is 0 Å². The quantitative estimate of drug-likeness (QED) is 0.780. The molecule has 140 valence electrons. The molecule has 0 unspecified atom stereocenters. The molecule has 4 nitrogen and oxygen atoms in total. The summed E-state index contributed by atoms with van der Waals surface area (Å²) in [6.45, 7) is 4.00. The lowest BCUT2D eigenvalue weighted by Crippen LogP contribution is -2.39. The average Bonchev–Trinajstić information content (AvgIpc) is 3.02. The maximum Gasteiger partial charge on any atom is 0.223 e. The first-order chi connectivity index (χ1) is 12.7. The SMILES string of the molecule is O=C(CCC(=O)N1CCCN2CCC[C@H]2C1)c1ccc2c(c1)CCCC2. The molecule has 2 heterocycles. The molecule has 1 aromatic rings. The number of rotatable bonds is 4. The number of amides is 1. The van der Waals surface area contributed by atoms with E-state index in [4.69, 9.17) is 0 Å². The minimum atomic E-state index is 0.115. The molecule has 2 aliphatic heterocycles. The van der Waals surface area contributed by atoms with Crippen LogP contribution in [0.2, 0.25) is 0 Å². The minimum absolute atomic E-state index is 0.115. The highest BCUT2D eigenvalue weighted by Gasteiger charge is 2.30. The van der Waals surface area contributed by atoms with Crippen molar-refractivity contribution in [1.29, 1.82) is 0 Å². The lowest BCUT2D eigenvalue weighted by Gasteiger charge is -2.25. The first kappa shape index (κ1) is 17.7. The number of benzene rings is 1. The third kappa shape index (κ3) is 3.85. The van der Waals surface area contributed by atoms with Crippen LogP contribution in [0.25, 0.3) is 0 Å². The second-order valence-corrected chi connectivity index (χ2v) is 8.14. The van der Waals surface area contributed by atoms with Crippen LogP contribution in [-0.4, -0.2) is 53.7 Å². The Morgan fingerprint density at radius 2 is 1.73 bits per heavy atom. The highest BCUT2D eigenvalue weighted by Crippen LogP contribution is 2.24. The summed E-state index contributed by atoms with van der Waals surface area (Å²) in [5.41, 5.74) is 3.52. The van der Waals surface area contributed by atoms with Crippen LogP contribution in [0.15, 0.2) is 18.2 Å². The lowest BCUT2D eigenvalue weighted by molar-refractivity contribution is -0.131. The minimum Gasteiger partial charge on any atom is -0.341 e. The maximum absolute atomic E-state index is 12.7. The Bertz CT molecular complexity index is 685. The summed E-state index contributed by atoms with van der Waals surface area (Å²) < 4.78 is 0. The third-order valence-corrected chi connectivity index (χ3v) is 6.39. The summed E-state index contributed by atoms with van der Waals surface area (Å²) >= 11 is 0. The van der Waals surface area contributed by atoms with Crippen molar-refractivity contribution in [3.63, 3.8) is 0 Å². The van der Waals surface area contributed by atoms with Gasteiger partial charge in [0.15, 0.2) is 5.78 Å². The highest BCUT2D eigenvalue weighted by molar-refractivity contribution is 5.98. The van der Waals surface area contributed by atoms with Crippen molar-refractivity contribution in [3.05, 3.63) is 34.9 Å². The Kier molecular flexibility index (Phi) is 5.39. The normalized spacial score (nSPS) is 23.2. The Morgan fingerprint density at radius 3 is 2.62 bits per heavy atom. The fraction of sp³-hybridized carbons (Fsp3) is 0.636. The first-order valence-electron chi connectivity index (χ1n) is 10.4. The second-order valence-electron chi connectivity index (χ2n) is 8.14. The van der Waals surface area contributed by atoms with Gasteiger partial charge in [-0.05, 0) is 68.7 Å². The number of hydrogen-bond donors (Lipinski definition) is 0. The van der Waals surface area contributed by atoms with Gasteiger partial charge in [0.05, 0.1) is 0 Å². The number of fused-ring (bicyclic) bond motifs is 2. The van der Waals surface area contributed by atoms with Crippen LogP contribution in [0.4, 0.5) is 0 Å². The molecular formula is C22H30N2O2. The molecule has 0 spiro atoms. The van der Waals surface area contributed by atoms with E-state index < -0.39 is 0 Å². The zero-order valence-corrected chi connectivity index (χ0v) is 15.7. The molecule has 1 aromatic carbocycles. The van der Waals surface area contributed by atoms with Crippen molar-refractivity contribution in [2.24, 2.45) is 0 Å². The summed E-state index contributed by atoms with van der Waals surface area (Å²) in [6, 6.07) is 6.69. The number of nitrogens with zero attached hydrogens (tertiary/aromatic N) is 2. The van der Waals surface area contributed by atoms with E-state index in [1.54, 1.807) is 0 Å². The molecule has 0 aromatic heterocycles. The van der Waals surface area contributed by atoms with Gasteiger partial charge in [-0.15, -0.1) is 0 Å². The van der Waals surface area contributed by atoms with Crippen LogP contribution in [0.3, 0.4) is 0 Å². The van der Waals surface area contributed by atoms with Crippen molar-refractivity contribution in [3.8, 4) is 0 Å². The molecular weight excluding hydrogens is 324 g/mol. The fourth-order valence-electron chi connectivity index (χ4n) is 4.86. The van der Waals surface area contributed by atoms with Crippen molar-refractivity contribution in [2.45, 2.75) is 63.8 Å². The first-order valence-corrected chi connectivity index (χ1v) is 10.4. The molecule has 0 radical (unpaired) electrons. The van der Waals surface area contributed by atoms with Gasteiger partial charge in [-0.1, -0.05) is 12.1 Å². The number of Topliss-reactive ketones (excluding diaryl/α,β-unsaturated/α-hetero) is 1. The largest absolute Gasteiger partial charge is 0.341 e. The molecule has 2 saturated heterocycles. The Hall–Kier alpha value is -1.68. The van der Waals surface area contributed by atoms with Gasteiger partial charge in [0.25, 0.3) is 0 Å². The fourth-order valence-corrected chi connectivity index (χ4v) is 4.86. The third-order valence-electron chi connectivity index (χ3n) is 6.39. The molecule has 0 bridgehead atoms. The number of carbonyl (C=O) groups is 2. The Balaban J connectivity index is 1.33. The summed E-state index contributed by atoms with van der Waals surface area (Å²) in [6.07, 6.45) is 8.89. The molecule has 0 saturated carbocycles. The van der Waals surface area contributed by atoms with Crippen molar-refractivity contribution in [2.75, 3.05) is 26.2 Å².